The van der Waals surface area contributed by atoms with Gasteiger partial charge in [0, 0.05) is 10.6 Å². The molecular weight excluding hydrogens is 394 g/mol. The summed E-state index contributed by atoms with van der Waals surface area (Å²) < 4.78 is 81.0. The minimum Gasteiger partial charge on any atom is -0.507 e. The number of aromatic hydroxyl groups is 1. The van der Waals surface area contributed by atoms with Crippen molar-refractivity contribution in [3.63, 3.8) is 0 Å². The third kappa shape index (κ3) is 6.13. The fraction of sp³-hybridized carbons (Fsp3) is 0.222. The summed E-state index contributed by atoms with van der Waals surface area (Å²) in [5.41, 5.74) is -1.39. The molecule has 0 aliphatic carbocycles. The Hall–Kier alpha value is -2.29. The van der Waals surface area contributed by atoms with Gasteiger partial charge in [-0.2, -0.15) is 26.3 Å². The van der Waals surface area contributed by atoms with Gasteiger partial charge in [-0.25, -0.2) is 0 Å². The molecule has 146 valence electrons. The Morgan fingerprint density at radius 1 is 0.963 bits per heavy atom. The molecule has 2 rings (SSSR count). The molecule has 1 N–H and O–H groups in total. The summed E-state index contributed by atoms with van der Waals surface area (Å²) in [6.07, 6.45) is -9.10. The summed E-state index contributed by atoms with van der Waals surface area (Å²) in [7, 11) is 0. The van der Waals surface area contributed by atoms with Crippen molar-refractivity contribution in [3.8, 4) is 11.5 Å². The Morgan fingerprint density at radius 3 is 2.15 bits per heavy atom. The van der Waals surface area contributed by atoms with Gasteiger partial charge in [-0.15, -0.1) is 11.8 Å². The van der Waals surface area contributed by atoms with E-state index in [4.69, 9.17) is 4.74 Å². The highest BCUT2D eigenvalue weighted by Gasteiger charge is 2.34. The minimum absolute atomic E-state index is 0.00256. The molecule has 0 saturated heterocycles. The summed E-state index contributed by atoms with van der Waals surface area (Å²) in [6, 6.07) is 7.29. The number of alkyl halides is 6. The van der Waals surface area contributed by atoms with Crippen molar-refractivity contribution in [1.29, 1.82) is 0 Å². The van der Waals surface area contributed by atoms with Crippen LogP contribution in [0.25, 0.3) is 0 Å². The van der Waals surface area contributed by atoms with Crippen LogP contribution in [0.3, 0.4) is 0 Å². The maximum atomic E-state index is 12.8. The lowest BCUT2D eigenvalue weighted by molar-refractivity contribution is -0.139. The van der Waals surface area contributed by atoms with Crippen molar-refractivity contribution >= 4 is 11.8 Å². The molecule has 0 amide bonds. The molecule has 2 aromatic carbocycles. The van der Waals surface area contributed by atoms with Gasteiger partial charge in [0.15, 0.2) is 0 Å². The van der Waals surface area contributed by atoms with Crippen LogP contribution < -0.4 is 4.74 Å². The Balaban J connectivity index is 1.88. The van der Waals surface area contributed by atoms with Crippen molar-refractivity contribution in [2.45, 2.75) is 17.2 Å². The van der Waals surface area contributed by atoms with E-state index in [0.717, 1.165) is 36.0 Å². The molecule has 0 bridgehead atoms. The number of hydrogen-bond acceptors (Lipinski definition) is 3. The van der Waals surface area contributed by atoms with E-state index in [9.17, 15) is 31.4 Å². The summed E-state index contributed by atoms with van der Waals surface area (Å²) >= 11 is 1.07. The number of benzene rings is 2. The lowest BCUT2D eigenvalue weighted by atomic mass is 10.2. The van der Waals surface area contributed by atoms with E-state index in [1.54, 1.807) is 0 Å². The second kappa shape index (κ2) is 8.16. The van der Waals surface area contributed by atoms with Crippen LogP contribution in [-0.2, 0) is 12.4 Å². The molecule has 0 unspecified atom stereocenters. The normalized spacial score (nSPS) is 12.1. The van der Waals surface area contributed by atoms with Crippen LogP contribution in [0.4, 0.5) is 26.3 Å². The second-order valence-corrected chi connectivity index (χ2v) is 6.57. The average Bonchev–Trinajstić information content (AvgIpc) is 2.57. The first-order chi connectivity index (χ1) is 12.5. The number of rotatable bonds is 6. The molecule has 0 saturated carbocycles. The Kier molecular flexibility index (Phi) is 6.35. The minimum atomic E-state index is -4.66. The van der Waals surface area contributed by atoms with Gasteiger partial charge in [0.1, 0.15) is 18.1 Å². The molecule has 2 nitrogen and oxygen atoms in total. The smallest absolute Gasteiger partial charge is 0.419 e. The zero-order valence-electron chi connectivity index (χ0n) is 13.7. The maximum absolute atomic E-state index is 12.8. The standard InChI is InChI=1S/C18H14F6O2S/c1-11(9-26-13-4-2-12(3-5-13)17(19,20)21)10-27-14-6-7-16(25)15(8-14)18(22,23)24/h2-8,25H,1,9-10H2. The summed E-state index contributed by atoms with van der Waals surface area (Å²) in [4.78, 5) is 0.288. The zero-order chi connectivity index (χ0) is 20.2. The van der Waals surface area contributed by atoms with Gasteiger partial charge in [-0.1, -0.05) is 6.58 Å². The highest BCUT2D eigenvalue weighted by molar-refractivity contribution is 7.99. The predicted octanol–water partition coefficient (Wildman–Crippen LogP) is 6.16. The molecule has 9 heteroatoms. The number of phenols is 1. The van der Waals surface area contributed by atoms with Crippen molar-refractivity contribution in [1.82, 2.24) is 0 Å². The quantitative estimate of drug-likeness (QED) is 0.353. The van der Waals surface area contributed by atoms with Gasteiger partial charge in [0.25, 0.3) is 0 Å². The Bertz CT molecular complexity index is 797. The summed E-state index contributed by atoms with van der Waals surface area (Å²) in [6.45, 7) is 3.74. The fourth-order valence-corrected chi connectivity index (χ4v) is 2.80. The van der Waals surface area contributed by atoms with Crippen LogP contribution in [-0.4, -0.2) is 17.5 Å². The molecule has 2 aromatic rings. The third-order valence-corrected chi connectivity index (χ3v) is 4.48. The first-order valence-electron chi connectivity index (χ1n) is 7.46. The molecule has 0 aromatic heterocycles. The third-order valence-electron chi connectivity index (χ3n) is 3.34. The van der Waals surface area contributed by atoms with Crippen LogP contribution >= 0.6 is 11.8 Å². The highest BCUT2D eigenvalue weighted by Crippen LogP contribution is 2.38. The number of thioether (sulfide) groups is 1. The van der Waals surface area contributed by atoms with E-state index in [1.165, 1.54) is 18.2 Å². The summed E-state index contributed by atoms with van der Waals surface area (Å²) in [5.74, 6) is -0.391. The molecule has 0 radical (unpaired) electrons. The molecule has 27 heavy (non-hydrogen) atoms. The van der Waals surface area contributed by atoms with Gasteiger partial charge >= 0.3 is 12.4 Å². The van der Waals surface area contributed by atoms with E-state index in [1.807, 2.05) is 0 Å². The van der Waals surface area contributed by atoms with Gasteiger partial charge in [-0.05, 0) is 48.0 Å². The Labute approximate surface area is 155 Å². The molecule has 0 aliphatic heterocycles. The first-order valence-corrected chi connectivity index (χ1v) is 8.45. The SMILES string of the molecule is C=C(COc1ccc(C(F)(F)F)cc1)CSc1ccc(O)c(C(F)(F)F)c1. The lowest BCUT2D eigenvalue weighted by Crippen LogP contribution is -2.06. The summed E-state index contributed by atoms with van der Waals surface area (Å²) in [5, 5.41) is 9.29. The number of ether oxygens (including phenoxy) is 1. The fourth-order valence-electron chi connectivity index (χ4n) is 1.98. The number of halogens is 6. The van der Waals surface area contributed by atoms with Crippen molar-refractivity contribution < 1.29 is 36.2 Å². The molecule has 0 aliphatic rings. The van der Waals surface area contributed by atoms with E-state index >= 15 is 0 Å². The lowest BCUT2D eigenvalue weighted by Gasteiger charge is -2.12. The predicted molar refractivity (Wildman–Crippen MR) is 89.9 cm³/mol. The largest absolute Gasteiger partial charge is 0.507 e. The van der Waals surface area contributed by atoms with Crippen LogP contribution in [0.2, 0.25) is 0 Å². The van der Waals surface area contributed by atoms with E-state index in [2.05, 4.69) is 6.58 Å². The van der Waals surface area contributed by atoms with Crippen LogP contribution in [0.5, 0.6) is 11.5 Å². The molecular formula is C18H14F6O2S. The van der Waals surface area contributed by atoms with Crippen LogP contribution in [0, 0.1) is 0 Å². The Morgan fingerprint density at radius 2 is 1.59 bits per heavy atom. The van der Waals surface area contributed by atoms with Crippen LogP contribution in [0.1, 0.15) is 11.1 Å². The zero-order valence-corrected chi connectivity index (χ0v) is 14.5. The van der Waals surface area contributed by atoms with E-state index in [-0.39, 0.29) is 23.0 Å². The maximum Gasteiger partial charge on any atom is 0.419 e. The molecule has 0 spiro atoms. The van der Waals surface area contributed by atoms with Gasteiger partial charge in [-0.3, -0.25) is 0 Å². The molecule has 0 atom stereocenters. The van der Waals surface area contributed by atoms with Gasteiger partial charge < -0.3 is 9.84 Å². The van der Waals surface area contributed by atoms with Crippen molar-refractivity contribution in [2.24, 2.45) is 0 Å². The van der Waals surface area contributed by atoms with Crippen LogP contribution in [0.15, 0.2) is 59.5 Å². The number of phenolic OH excluding ortho intramolecular Hbond substituents is 1. The van der Waals surface area contributed by atoms with Crippen molar-refractivity contribution in [3.05, 3.63) is 65.7 Å². The topological polar surface area (TPSA) is 29.5 Å². The van der Waals surface area contributed by atoms with Crippen molar-refractivity contribution in [2.75, 3.05) is 12.4 Å². The monoisotopic (exact) mass is 408 g/mol. The average molecular weight is 408 g/mol. The molecule has 0 heterocycles. The first kappa shape index (κ1) is 21.0. The molecule has 0 fully saturated rings. The van der Waals surface area contributed by atoms with Gasteiger partial charge in [0.05, 0.1) is 11.1 Å². The van der Waals surface area contributed by atoms with Gasteiger partial charge in [0.2, 0.25) is 0 Å². The van der Waals surface area contributed by atoms with E-state index < -0.39 is 29.2 Å². The number of hydrogen-bond donors (Lipinski definition) is 1. The second-order valence-electron chi connectivity index (χ2n) is 5.53. The highest BCUT2D eigenvalue weighted by atomic mass is 32.2. The van der Waals surface area contributed by atoms with E-state index in [0.29, 0.717) is 5.57 Å².